The zero-order valence-electron chi connectivity index (χ0n) is 11.4. The fraction of sp³-hybridized carbons (Fsp3) is 0.600. The van der Waals surface area contributed by atoms with E-state index in [1.807, 2.05) is 12.1 Å². The third kappa shape index (κ3) is 2.90. The summed E-state index contributed by atoms with van der Waals surface area (Å²) in [5.74, 6) is 0.0832. The van der Waals surface area contributed by atoms with Crippen molar-refractivity contribution >= 4 is 0 Å². The van der Waals surface area contributed by atoms with E-state index in [1.165, 1.54) is 32.9 Å². The monoisotopic (exact) mass is 264 g/mol. The van der Waals surface area contributed by atoms with Gasteiger partial charge in [-0.05, 0) is 25.3 Å². The van der Waals surface area contributed by atoms with E-state index in [0.29, 0.717) is 23.9 Å². The quantitative estimate of drug-likeness (QED) is 0.882. The van der Waals surface area contributed by atoms with Crippen molar-refractivity contribution in [2.75, 3.05) is 20.2 Å². The first kappa shape index (κ1) is 12.9. The van der Waals surface area contributed by atoms with Crippen molar-refractivity contribution in [2.45, 2.75) is 37.9 Å². The Kier molecular flexibility index (Phi) is 3.71. The Morgan fingerprint density at radius 3 is 2.95 bits per heavy atom. The van der Waals surface area contributed by atoms with Crippen LogP contribution in [0.15, 0.2) is 18.2 Å². The van der Waals surface area contributed by atoms with Crippen LogP contribution in [0.2, 0.25) is 0 Å². The third-order valence-corrected chi connectivity index (χ3v) is 4.13. The second kappa shape index (κ2) is 5.47. The van der Waals surface area contributed by atoms with Crippen LogP contribution < -0.4 is 10.1 Å². The highest BCUT2D eigenvalue weighted by Gasteiger charge is 2.34. The minimum absolute atomic E-state index is 0.241. The number of rotatable bonds is 5. The molecule has 1 unspecified atom stereocenters. The van der Waals surface area contributed by atoms with Crippen LogP contribution in [0, 0.1) is 5.82 Å². The maximum atomic E-state index is 14.0. The smallest absolute Gasteiger partial charge is 0.169 e. The van der Waals surface area contributed by atoms with Gasteiger partial charge in [-0.15, -0.1) is 0 Å². The third-order valence-electron chi connectivity index (χ3n) is 4.13. The Morgan fingerprint density at radius 2 is 2.21 bits per heavy atom. The van der Waals surface area contributed by atoms with Crippen molar-refractivity contribution in [3.63, 3.8) is 0 Å². The summed E-state index contributed by atoms with van der Waals surface area (Å²) in [6.07, 6.45) is 3.89. The lowest BCUT2D eigenvalue weighted by Crippen LogP contribution is -2.33. The lowest BCUT2D eigenvalue weighted by atomic mass is 10.1. The molecule has 19 heavy (non-hydrogen) atoms. The number of likely N-dealkylation sites (tertiary alicyclic amines) is 1. The molecular weight excluding hydrogens is 243 g/mol. The summed E-state index contributed by atoms with van der Waals surface area (Å²) in [4.78, 5) is 2.56. The van der Waals surface area contributed by atoms with Gasteiger partial charge in [0.15, 0.2) is 11.6 Å². The molecule has 0 amide bonds. The summed E-state index contributed by atoms with van der Waals surface area (Å²) in [6.45, 7) is 2.87. The zero-order chi connectivity index (χ0) is 13.2. The van der Waals surface area contributed by atoms with Crippen LogP contribution in [0.4, 0.5) is 4.39 Å². The van der Waals surface area contributed by atoms with E-state index in [1.54, 1.807) is 6.07 Å². The molecule has 1 atom stereocenters. The first-order valence-corrected chi connectivity index (χ1v) is 7.06. The molecule has 1 saturated carbocycles. The molecular formula is C15H21FN2O. The number of methoxy groups -OCH3 is 1. The van der Waals surface area contributed by atoms with E-state index >= 15 is 0 Å². The molecule has 1 aliphatic carbocycles. The molecule has 3 nitrogen and oxygen atoms in total. The number of hydrogen-bond donors (Lipinski definition) is 1. The Labute approximate surface area is 113 Å². The molecule has 1 N–H and O–H groups in total. The molecule has 0 bridgehead atoms. The van der Waals surface area contributed by atoms with Gasteiger partial charge in [0, 0.05) is 37.3 Å². The number of nitrogens with one attached hydrogen (secondary N) is 1. The molecule has 2 aliphatic rings. The number of nitrogens with zero attached hydrogens (tertiary/aromatic N) is 1. The number of halogens is 1. The minimum atomic E-state index is -0.241. The van der Waals surface area contributed by atoms with Gasteiger partial charge in [-0.1, -0.05) is 12.1 Å². The van der Waals surface area contributed by atoms with Crippen LogP contribution in [0.1, 0.15) is 24.8 Å². The van der Waals surface area contributed by atoms with Gasteiger partial charge in [-0.2, -0.15) is 0 Å². The van der Waals surface area contributed by atoms with Crippen molar-refractivity contribution in [3.8, 4) is 5.75 Å². The molecule has 1 aromatic carbocycles. The van der Waals surface area contributed by atoms with Gasteiger partial charge < -0.3 is 10.1 Å². The fourth-order valence-corrected chi connectivity index (χ4v) is 2.83. The van der Waals surface area contributed by atoms with Crippen molar-refractivity contribution in [3.05, 3.63) is 29.6 Å². The van der Waals surface area contributed by atoms with Crippen molar-refractivity contribution in [1.29, 1.82) is 0 Å². The molecule has 1 saturated heterocycles. The van der Waals surface area contributed by atoms with Crippen molar-refractivity contribution in [1.82, 2.24) is 10.2 Å². The average molecular weight is 264 g/mol. The second-order valence-corrected chi connectivity index (χ2v) is 5.53. The second-order valence-electron chi connectivity index (χ2n) is 5.53. The van der Waals surface area contributed by atoms with Crippen LogP contribution in [0.25, 0.3) is 0 Å². The van der Waals surface area contributed by atoms with Gasteiger partial charge >= 0.3 is 0 Å². The minimum Gasteiger partial charge on any atom is -0.494 e. The van der Waals surface area contributed by atoms with E-state index in [0.717, 1.165) is 12.6 Å². The van der Waals surface area contributed by atoms with Gasteiger partial charge in [0.1, 0.15) is 0 Å². The molecule has 3 rings (SSSR count). The number of ether oxygens (including phenoxy) is 1. The summed E-state index contributed by atoms with van der Waals surface area (Å²) >= 11 is 0. The SMILES string of the molecule is COc1cccc(CNC2CCN(C3CC3)C2)c1F. The normalized spacial score (nSPS) is 23.8. The Bertz CT molecular complexity index is 448. The molecule has 0 aromatic heterocycles. The Morgan fingerprint density at radius 1 is 1.37 bits per heavy atom. The first-order valence-electron chi connectivity index (χ1n) is 7.06. The molecule has 2 fully saturated rings. The van der Waals surface area contributed by atoms with Crippen LogP contribution in [-0.2, 0) is 6.54 Å². The van der Waals surface area contributed by atoms with Crippen molar-refractivity contribution < 1.29 is 9.13 Å². The van der Waals surface area contributed by atoms with Gasteiger partial charge in [0.05, 0.1) is 7.11 Å². The van der Waals surface area contributed by atoms with Crippen LogP contribution in [0.3, 0.4) is 0 Å². The summed E-state index contributed by atoms with van der Waals surface area (Å²) < 4.78 is 19.0. The highest BCUT2D eigenvalue weighted by molar-refractivity contribution is 5.31. The van der Waals surface area contributed by atoms with Crippen LogP contribution >= 0.6 is 0 Å². The van der Waals surface area contributed by atoms with E-state index in [-0.39, 0.29) is 5.82 Å². The summed E-state index contributed by atoms with van der Waals surface area (Å²) in [5.41, 5.74) is 0.684. The largest absolute Gasteiger partial charge is 0.494 e. The van der Waals surface area contributed by atoms with Crippen LogP contribution in [0.5, 0.6) is 5.75 Å². The highest BCUT2D eigenvalue weighted by Crippen LogP contribution is 2.30. The van der Waals surface area contributed by atoms with Crippen LogP contribution in [-0.4, -0.2) is 37.2 Å². The van der Waals surface area contributed by atoms with Crippen molar-refractivity contribution in [2.24, 2.45) is 0 Å². The maximum Gasteiger partial charge on any atom is 0.169 e. The fourth-order valence-electron chi connectivity index (χ4n) is 2.83. The molecule has 1 aliphatic heterocycles. The molecule has 4 heteroatoms. The standard InChI is InChI=1S/C15H21FN2O/c1-19-14-4-2-3-11(15(14)16)9-17-12-7-8-18(10-12)13-5-6-13/h2-4,12-13,17H,5-10H2,1H3. The summed E-state index contributed by atoms with van der Waals surface area (Å²) in [7, 11) is 1.50. The van der Waals surface area contributed by atoms with Gasteiger partial charge in [0.25, 0.3) is 0 Å². The maximum absolute atomic E-state index is 14.0. The van der Waals surface area contributed by atoms with E-state index in [2.05, 4.69) is 10.2 Å². The topological polar surface area (TPSA) is 24.5 Å². The summed E-state index contributed by atoms with van der Waals surface area (Å²) in [5, 5.41) is 3.47. The first-order chi connectivity index (χ1) is 9.28. The zero-order valence-corrected chi connectivity index (χ0v) is 11.4. The van der Waals surface area contributed by atoms with E-state index in [9.17, 15) is 4.39 Å². The molecule has 0 spiro atoms. The van der Waals surface area contributed by atoms with Gasteiger partial charge in [0.2, 0.25) is 0 Å². The predicted octanol–water partition coefficient (Wildman–Crippen LogP) is 2.16. The predicted molar refractivity (Wildman–Crippen MR) is 72.8 cm³/mol. The number of benzene rings is 1. The molecule has 1 heterocycles. The highest BCUT2D eigenvalue weighted by atomic mass is 19.1. The Balaban J connectivity index is 1.54. The Hall–Kier alpha value is -1.13. The van der Waals surface area contributed by atoms with Gasteiger partial charge in [-0.3, -0.25) is 4.90 Å². The lowest BCUT2D eigenvalue weighted by molar-refractivity contribution is 0.317. The van der Waals surface area contributed by atoms with Gasteiger partial charge in [-0.25, -0.2) is 4.39 Å². The number of hydrogen-bond acceptors (Lipinski definition) is 3. The average Bonchev–Trinajstić information content (AvgIpc) is 3.17. The molecule has 104 valence electrons. The lowest BCUT2D eigenvalue weighted by Gasteiger charge is -2.16. The van der Waals surface area contributed by atoms with E-state index < -0.39 is 0 Å². The molecule has 0 radical (unpaired) electrons. The molecule has 1 aromatic rings. The summed E-state index contributed by atoms with van der Waals surface area (Å²) in [6, 6.07) is 6.64. The van der Waals surface area contributed by atoms with E-state index in [4.69, 9.17) is 4.74 Å².